The highest BCUT2D eigenvalue weighted by Gasteiger charge is 2.24. The molecule has 1 heterocycles. The van der Waals surface area contributed by atoms with Crippen LogP contribution in [0.4, 0.5) is 14.9 Å². The monoisotopic (exact) mass is 309 g/mol. The summed E-state index contributed by atoms with van der Waals surface area (Å²) in [4.78, 5) is 15.7. The molecule has 1 unspecified atom stereocenters. The second kappa shape index (κ2) is 7.98. The number of piperidine rings is 1. The van der Waals surface area contributed by atoms with Gasteiger partial charge in [0.25, 0.3) is 0 Å². The first-order valence-electron chi connectivity index (χ1n) is 7.81. The van der Waals surface area contributed by atoms with Crippen molar-refractivity contribution in [2.45, 2.75) is 25.8 Å². The maximum atomic E-state index is 13.9. The second-order valence-corrected chi connectivity index (χ2v) is 5.49. The van der Waals surface area contributed by atoms with E-state index in [4.69, 9.17) is 5.11 Å². The molecule has 1 atom stereocenters. The SMILES string of the molecule is CCN(CCO)C(=O)NC1CCCN(c2ccccc2F)C1. The molecule has 0 spiro atoms. The molecule has 5 nitrogen and oxygen atoms in total. The number of amides is 2. The van der Waals surface area contributed by atoms with Crippen LogP contribution in [0, 0.1) is 5.82 Å². The van der Waals surface area contributed by atoms with Gasteiger partial charge in [0.05, 0.1) is 12.3 Å². The number of halogens is 1. The molecule has 1 aliphatic rings. The van der Waals surface area contributed by atoms with Gasteiger partial charge in [0.2, 0.25) is 0 Å². The number of nitrogens with one attached hydrogen (secondary N) is 1. The Morgan fingerprint density at radius 3 is 2.95 bits per heavy atom. The number of likely N-dealkylation sites (N-methyl/N-ethyl adjacent to an activating group) is 1. The Morgan fingerprint density at radius 2 is 2.27 bits per heavy atom. The van der Waals surface area contributed by atoms with E-state index in [0.29, 0.717) is 25.3 Å². The normalized spacial score (nSPS) is 18.1. The van der Waals surface area contributed by atoms with Crippen molar-refractivity contribution < 1.29 is 14.3 Å². The summed E-state index contributed by atoms with van der Waals surface area (Å²) in [6.45, 7) is 4.10. The first kappa shape index (κ1) is 16.5. The van der Waals surface area contributed by atoms with Crippen LogP contribution in [0.25, 0.3) is 0 Å². The minimum Gasteiger partial charge on any atom is -0.395 e. The molecule has 0 aromatic heterocycles. The lowest BCUT2D eigenvalue weighted by Crippen LogP contribution is -2.52. The summed E-state index contributed by atoms with van der Waals surface area (Å²) in [5.41, 5.74) is 0.587. The summed E-state index contributed by atoms with van der Waals surface area (Å²) < 4.78 is 13.9. The molecule has 2 rings (SSSR count). The van der Waals surface area contributed by atoms with E-state index < -0.39 is 0 Å². The van der Waals surface area contributed by atoms with Crippen molar-refractivity contribution in [1.29, 1.82) is 0 Å². The van der Waals surface area contributed by atoms with Crippen LogP contribution in [-0.4, -0.2) is 54.9 Å². The van der Waals surface area contributed by atoms with E-state index in [1.165, 1.54) is 6.07 Å². The third-order valence-corrected chi connectivity index (χ3v) is 3.98. The fourth-order valence-corrected chi connectivity index (χ4v) is 2.81. The van der Waals surface area contributed by atoms with Crippen molar-refractivity contribution in [2.24, 2.45) is 0 Å². The molecule has 0 radical (unpaired) electrons. The minimum atomic E-state index is -0.232. The smallest absolute Gasteiger partial charge is 0.317 e. The summed E-state index contributed by atoms with van der Waals surface area (Å²) >= 11 is 0. The van der Waals surface area contributed by atoms with Gasteiger partial charge < -0.3 is 20.2 Å². The molecule has 122 valence electrons. The van der Waals surface area contributed by atoms with Crippen LogP contribution in [0.2, 0.25) is 0 Å². The third-order valence-electron chi connectivity index (χ3n) is 3.98. The van der Waals surface area contributed by atoms with Crippen LogP contribution >= 0.6 is 0 Å². The van der Waals surface area contributed by atoms with Crippen LogP contribution in [0.5, 0.6) is 0 Å². The number of aliphatic hydroxyl groups excluding tert-OH is 1. The van der Waals surface area contributed by atoms with Gasteiger partial charge in [-0.3, -0.25) is 0 Å². The van der Waals surface area contributed by atoms with Gasteiger partial charge in [0.15, 0.2) is 0 Å². The lowest BCUT2D eigenvalue weighted by molar-refractivity contribution is 0.176. The van der Waals surface area contributed by atoms with E-state index in [2.05, 4.69) is 5.32 Å². The van der Waals surface area contributed by atoms with Gasteiger partial charge in [-0.25, -0.2) is 9.18 Å². The Bertz CT molecular complexity index is 498. The van der Waals surface area contributed by atoms with E-state index in [1.54, 1.807) is 17.0 Å². The van der Waals surface area contributed by atoms with Crippen LogP contribution in [0.3, 0.4) is 0 Å². The molecule has 22 heavy (non-hydrogen) atoms. The molecule has 1 aliphatic heterocycles. The molecule has 1 saturated heterocycles. The number of benzene rings is 1. The van der Waals surface area contributed by atoms with Crippen LogP contribution < -0.4 is 10.2 Å². The van der Waals surface area contributed by atoms with Crippen molar-refractivity contribution in [2.75, 3.05) is 37.7 Å². The van der Waals surface area contributed by atoms with E-state index in [0.717, 1.165) is 19.4 Å². The van der Waals surface area contributed by atoms with Gasteiger partial charge in [-0.05, 0) is 31.9 Å². The summed E-state index contributed by atoms with van der Waals surface area (Å²) in [5, 5.41) is 12.0. The number of carbonyl (C=O) groups is 1. The number of hydrogen-bond acceptors (Lipinski definition) is 3. The Morgan fingerprint density at radius 1 is 1.50 bits per heavy atom. The number of carbonyl (C=O) groups excluding carboxylic acids is 1. The number of aliphatic hydroxyl groups is 1. The van der Waals surface area contributed by atoms with Gasteiger partial charge in [0, 0.05) is 32.2 Å². The van der Waals surface area contributed by atoms with Crippen molar-refractivity contribution in [3.63, 3.8) is 0 Å². The molecular formula is C16H24FN3O2. The molecule has 1 aromatic rings. The Kier molecular flexibility index (Phi) is 6.00. The minimum absolute atomic E-state index is 0.00593. The van der Waals surface area contributed by atoms with Gasteiger partial charge in [-0.15, -0.1) is 0 Å². The number of hydrogen-bond donors (Lipinski definition) is 2. The van der Waals surface area contributed by atoms with E-state index in [9.17, 15) is 9.18 Å². The maximum Gasteiger partial charge on any atom is 0.317 e. The number of para-hydroxylation sites is 1. The van der Waals surface area contributed by atoms with Crippen molar-refractivity contribution >= 4 is 11.7 Å². The van der Waals surface area contributed by atoms with E-state index >= 15 is 0 Å². The maximum absolute atomic E-state index is 13.9. The average molecular weight is 309 g/mol. The largest absolute Gasteiger partial charge is 0.395 e. The van der Waals surface area contributed by atoms with Gasteiger partial charge in [-0.1, -0.05) is 12.1 Å². The zero-order valence-electron chi connectivity index (χ0n) is 13.0. The zero-order chi connectivity index (χ0) is 15.9. The van der Waals surface area contributed by atoms with Crippen molar-refractivity contribution in [1.82, 2.24) is 10.2 Å². The fraction of sp³-hybridized carbons (Fsp3) is 0.562. The van der Waals surface area contributed by atoms with Gasteiger partial charge in [-0.2, -0.15) is 0 Å². The molecular weight excluding hydrogens is 285 g/mol. The lowest BCUT2D eigenvalue weighted by Gasteiger charge is -2.35. The third kappa shape index (κ3) is 4.10. The Balaban J connectivity index is 1.96. The van der Waals surface area contributed by atoms with E-state index in [1.807, 2.05) is 17.9 Å². The molecule has 2 amide bonds. The molecule has 1 aromatic carbocycles. The highest BCUT2D eigenvalue weighted by molar-refractivity contribution is 5.74. The summed E-state index contributed by atoms with van der Waals surface area (Å²) in [7, 11) is 0. The first-order chi connectivity index (χ1) is 10.7. The van der Waals surface area contributed by atoms with Crippen LogP contribution in [0.15, 0.2) is 24.3 Å². The Hall–Kier alpha value is -1.82. The number of urea groups is 1. The second-order valence-electron chi connectivity index (χ2n) is 5.49. The van der Waals surface area contributed by atoms with Crippen LogP contribution in [0.1, 0.15) is 19.8 Å². The first-order valence-corrected chi connectivity index (χ1v) is 7.81. The zero-order valence-corrected chi connectivity index (χ0v) is 13.0. The Labute approximate surface area is 130 Å². The highest BCUT2D eigenvalue weighted by Crippen LogP contribution is 2.22. The number of rotatable bonds is 5. The van der Waals surface area contributed by atoms with Crippen LogP contribution in [-0.2, 0) is 0 Å². The van der Waals surface area contributed by atoms with Crippen molar-refractivity contribution in [3.8, 4) is 0 Å². The topological polar surface area (TPSA) is 55.8 Å². The lowest BCUT2D eigenvalue weighted by atomic mass is 10.0. The fourth-order valence-electron chi connectivity index (χ4n) is 2.81. The number of nitrogens with zero attached hydrogens (tertiary/aromatic N) is 2. The molecule has 1 fully saturated rings. The molecule has 0 aliphatic carbocycles. The molecule has 6 heteroatoms. The summed E-state index contributed by atoms with van der Waals surface area (Å²) in [5.74, 6) is -0.232. The predicted octanol–water partition coefficient (Wildman–Crippen LogP) is 1.82. The van der Waals surface area contributed by atoms with Gasteiger partial charge in [0.1, 0.15) is 5.82 Å². The number of anilines is 1. The molecule has 2 N–H and O–H groups in total. The van der Waals surface area contributed by atoms with E-state index in [-0.39, 0.29) is 24.5 Å². The highest BCUT2D eigenvalue weighted by atomic mass is 19.1. The predicted molar refractivity (Wildman–Crippen MR) is 84.5 cm³/mol. The quantitative estimate of drug-likeness (QED) is 0.872. The summed E-state index contributed by atoms with van der Waals surface area (Å²) in [6, 6.07) is 6.54. The average Bonchev–Trinajstić information content (AvgIpc) is 2.53. The summed E-state index contributed by atoms with van der Waals surface area (Å²) in [6.07, 6.45) is 1.79. The molecule has 0 bridgehead atoms. The van der Waals surface area contributed by atoms with Crippen molar-refractivity contribution in [3.05, 3.63) is 30.1 Å². The standard InChI is InChI=1S/C16H24FN3O2/c1-2-19(10-11-21)16(22)18-13-6-5-9-20(12-13)15-8-4-3-7-14(15)17/h3-4,7-8,13,21H,2,5-6,9-12H2,1H3,(H,18,22). The molecule has 0 saturated carbocycles. The van der Waals surface area contributed by atoms with Gasteiger partial charge >= 0.3 is 6.03 Å².